The Labute approximate surface area is 296 Å². The van der Waals surface area contributed by atoms with Gasteiger partial charge in [0.2, 0.25) is 6.79 Å². The van der Waals surface area contributed by atoms with Gasteiger partial charge in [0.1, 0.15) is 6.10 Å². The van der Waals surface area contributed by atoms with E-state index in [1.54, 1.807) is 30.4 Å². The molecule has 1 amide bonds. The van der Waals surface area contributed by atoms with Crippen LogP contribution in [0.4, 0.5) is 10.5 Å². The van der Waals surface area contributed by atoms with E-state index in [0.29, 0.717) is 36.4 Å². The van der Waals surface area contributed by atoms with E-state index in [-0.39, 0.29) is 13.2 Å². The number of amides is 1. The minimum absolute atomic E-state index is 0.0464. The maximum atomic E-state index is 14.0. The molecule has 0 unspecified atom stereocenters. The molecule has 0 bridgehead atoms. The third-order valence-electron chi connectivity index (χ3n) is 8.59. The molecule has 2 heterocycles. The Morgan fingerprint density at radius 2 is 1.37 bits per heavy atom. The fourth-order valence-electron chi connectivity index (χ4n) is 6.05. The Kier molecular flexibility index (Phi) is 13.2. The zero-order chi connectivity index (χ0) is 36.2. The molecular formula is C39H43NO11. The van der Waals surface area contributed by atoms with Gasteiger partial charge in [-0.2, -0.15) is 0 Å². The summed E-state index contributed by atoms with van der Waals surface area (Å²) >= 11 is 0. The van der Waals surface area contributed by atoms with Crippen molar-refractivity contribution in [3.05, 3.63) is 115 Å². The van der Waals surface area contributed by atoms with Crippen molar-refractivity contribution in [3.63, 3.8) is 0 Å². The smallest absolute Gasteiger partial charge is 0.412 e. The van der Waals surface area contributed by atoms with E-state index >= 15 is 0 Å². The second-order valence-corrected chi connectivity index (χ2v) is 12.1. The molecule has 270 valence electrons. The summed E-state index contributed by atoms with van der Waals surface area (Å²) in [6.45, 7) is 7.01. The van der Waals surface area contributed by atoms with Crippen molar-refractivity contribution in [1.29, 1.82) is 0 Å². The molecule has 5 rings (SSSR count). The normalized spacial score (nSPS) is 21.8. The first kappa shape index (κ1) is 37.1. The molecule has 12 nitrogen and oxygen atoms in total. The largest absolute Gasteiger partial charge is 0.454 e. The summed E-state index contributed by atoms with van der Waals surface area (Å²) in [6, 6.07) is 23.6. The lowest BCUT2D eigenvalue weighted by molar-refractivity contribution is -0.300. The van der Waals surface area contributed by atoms with Crippen molar-refractivity contribution in [3.8, 4) is 11.5 Å². The molecule has 2 aliphatic rings. The molecule has 0 saturated carbocycles. The number of anilines is 1. The van der Waals surface area contributed by atoms with Crippen LogP contribution in [0.2, 0.25) is 0 Å². The first-order valence-electron chi connectivity index (χ1n) is 16.7. The fraction of sp³-hybridized carbons (Fsp3) is 0.359. The lowest BCUT2D eigenvalue weighted by atomic mass is 9.94. The summed E-state index contributed by atoms with van der Waals surface area (Å²) < 4.78 is 40.3. The van der Waals surface area contributed by atoms with Crippen molar-refractivity contribution >= 4 is 23.7 Å². The number of aliphatic hydroxyl groups is 1. The average Bonchev–Trinajstić information content (AvgIpc) is 3.61. The van der Waals surface area contributed by atoms with E-state index in [1.807, 2.05) is 60.7 Å². The molecule has 3 aromatic carbocycles. The Bertz CT molecular complexity index is 1630. The van der Waals surface area contributed by atoms with Crippen LogP contribution in [0, 0.1) is 11.8 Å². The van der Waals surface area contributed by atoms with Gasteiger partial charge in [-0.3, -0.25) is 14.9 Å². The van der Waals surface area contributed by atoms with Gasteiger partial charge in [-0.1, -0.05) is 72.8 Å². The summed E-state index contributed by atoms with van der Waals surface area (Å²) in [5.74, 6) is -1.69. The molecule has 2 aliphatic heterocycles. The number of rotatable bonds is 16. The van der Waals surface area contributed by atoms with Gasteiger partial charge in [0.05, 0.1) is 18.4 Å². The Morgan fingerprint density at radius 1 is 0.804 bits per heavy atom. The van der Waals surface area contributed by atoms with Gasteiger partial charge in [-0.25, -0.2) is 4.79 Å². The predicted octanol–water partition coefficient (Wildman–Crippen LogP) is 5.39. The second kappa shape index (κ2) is 18.2. The lowest BCUT2D eigenvalue weighted by Crippen LogP contribution is -2.63. The van der Waals surface area contributed by atoms with E-state index in [9.17, 15) is 19.5 Å². The van der Waals surface area contributed by atoms with Crippen LogP contribution < -0.4 is 14.8 Å². The van der Waals surface area contributed by atoms with Gasteiger partial charge >= 0.3 is 18.0 Å². The number of aliphatic hydroxyl groups excluding tert-OH is 1. The maximum Gasteiger partial charge on any atom is 0.412 e. The van der Waals surface area contributed by atoms with Gasteiger partial charge in [0.25, 0.3) is 0 Å². The molecule has 0 radical (unpaired) electrons. The molecule has 0 aromatic heterocycles. The van der Waals surface area contributed by atoms with Gasteiger partial charge in [0.15, 0.2) is 36.1 Å². The molecule has 12 heteroatoms. The first-order chi connectivity index (χ1) is 24.8. The quantitative estimate of drug-likeness (QED) is 0.113. The van der Waals surface area contributed by atoms with E-state index in [2.05, 4.69) is 18.5 Å². The molecule has 0 spiro atoms. The summed E-state index contributed by atoms with van der Waals surface area (Å²) in [5, 5.41) is 13.0. The molecule has 51 heavy (non-hydrogen) atoms. The summed E-state index contributed by atoms with van der Waals surface area (Å²) in [6.07, 6.45) is -3.32. The molecule has 1 saturated heterocycles. The number of esters is 2. The van der Waals surface area contributed by atoms with Gasteiger partial charge < -0.3 is 38.3 Å². The lowest BCUT2D eigenvalue weighted by Gasteiger charge is -2.44. The van der Waals surface area contributed by atoms with Crippen LogP contribution in [0.15, 0.2) is 104 Å². The number of carbonyl (C=O) groups excluding carboxylic acids is 3. The van der Waals surface area contributed by atoms with Crippen LogP contribution >= 0.6 is 0 Å². The van der Waals surface area contributed by atoms with Crippen molar-refractivity contribution in [2.24, 2.45) is 11.8 Å². The van der Waals surface area contributed by atoms with Crippen LogP contribution in [0.5, 0.6) is 11.5 Å². The number of hydrogen-bond donors (Lipinski definition) is 2. The van der Waals surface area contributed by atoms with E-state index < -0.39 is 67.2 Å². The number of benzene rings is 3. The van der Waals surface area contributed by atoms with E-state index in [1.165, 1.54) is 7.11 Å². The molecule has 7 atom stereocenters. The van der Waals surface area contributed by atoms with Crippen molar-refractivity contribution in [2.45, 2.75) is 56.4 Å². The zero-order valence-electron chi connectivity index (χ0n) is 28.4. The predicted molar refractivity (Wildman–Crippen MR) is 186 cm³/mol. The van der Waals surface area contributed by atoms with Crippen LogP contribution in [-0.4, -0.2) is 74.4 Å². The van der Waals surface area contributed by atoms with E-state index in [4.69, 9.17) is 33.2 Å². The standard InChI is InChI=1S/C39H43NO11/c1-4-12-27(20-25-14-8-6-9-15-25)36(42)49-34-33(51-39(44)40-29-18-19-30-31(22-29)47-24-46-30)32(23-41)48-38(45-3)35(34)50-37(43)28(13-5-2)21-26-16-10-7-11-17-26/h4-11,14-19,22,27-28,32-35,38,41H,1-2,12-13,20-21,23-24H2,3H3,(H,40,44)/t27-,28-,32+,33+,34-,35-,38-/m0/s1. The van der Waals surface area contributed by atoms with Gasteiger partial charge in [0, 0.05) is 18.9 Å². The van der Waals surface area contributed by atoms with Gasteiger partial charge in [-0.15, -0.1) is 13.2 Å². The van der Waals surface area contributed by atoms with Crippen LogP contribution in [0.25, 0.3) is 0 Å². The highest BCUT2D eigenvalue weighted by Crippen LogP contribution is 2.35. The highest BCUT2D eigenvalue weighted by Gasteiger charge is 2.53. The number of hydrogen-bond acceptors (Lipinski definition) is 11. The summed E-state index contributed by atoms with van der Waals surface area (Å²) in [7, 11) is 1.33. The Morgan fingerprint density at radius 3 is 1.92 bits per heavy atom. The number of nitrogens with one attached hydrogen (secondary N) is 1. The number of allylic oxidation sites excluding steroid dienone is 2. The zero-order valence-corrected chi connectivity index (χ0v) is 28.4. The topological polar surface area (TPSA) is 148 Å². The highest BCUT2D eigenvalue weighted by molar-refractivity contribution is 5.85. The number of carbonyl (C=O) groups is 3. The first-order valence-corrected chi connectivity index (χ1v) is 16.7. The number of methoxy groups -OCH3 is 1. The second-order valence-electron chi connectivity index (χ2n) is 12.1. The maximum absolute atomic E-state index is 14.0. The van der Waals surface area contributed by atoms with E-state index in [0.717, 1.165) is 11.1 Å². The molecule has 0 aliphatic carbocycles. The van der Waals surface area contributed by atoms with Crippen molar-refractivity contribution in [1.82, 2.24) is 0 Å². The fourth-order valence-corrected chi connectivity index (χ4v) is 6.05. The van der Waals surface area contributed by atoms with Crippen LogP contribution in [0.3, 0.4) is 0 Å². The Balaban J connectivity index is 1.44. The Hall–Kier alpha value is -5.17. The van der Waals surface area contributed by atoms with Crippen LogP contribution in [-0.2, 0) is 46.1 Å². The monoisotopic (exact) mass is 701 g/mol. The third-order valence-corrected chi connectivity index (χ3v) is 8.59. The minimum Gasteiger partial charge on any atom is -0.454 e. The molecule has 3 aromatic rings. The summed E-state index contributed by atoms with van der Waals surface area (Å²) in [5.41, 5.74) is 2.13. The van der Waals surface area contributed by atoms with Crippen molar-refractivity contribution in [2.75, 3.05) is 25.8 Å². The molecule has 1 fully saturated rings. The van der Waals surface area contributed by atoms with Crippen LogP contribution in [0.1, 0.15) is 24.0 Å². The van der Waals surface area contributed by atoms with Crippen molar-refractivity contribution < 1.29 is 52.6 Å². The third kappa shape index (κ3) is 9.75. The number of ether oxygens (including phenoxy) is 7. The average molecular weight is 702 g/mol. The SMILES string of the molecule is C=CC[C@@H](Cc1ccccc1)C(=O)O[C@@H]1[C@H](OC(=O)[C@@H](CC=C)Cc2ccccc2)[C@@H](OC)O[C@H](CO)[C@H]1OC(=O)Nc1ccc2c(c1)OCO2. The molecule has 2 N–H and O–H groups in total. The summed E-state index contributed by atoms with van der Waals surface area (Å²) in [4.78, 5) is 41.2. The van der Waals surface area contributed by atoms with Gasteiger partial charge in [-0.05, 0) is 48.9 Å². The highest BCUT2D eigenvalue weighted by atomic mass is 16.7. The molecular weight excluding hydrogens is 658 g/mol. The minimum atomic E-state index is -1.45. The number of fused-ring (bicyclic) bond motifs is 1.